The zero-order valence-electron chi connectivity index (χ0n) is 15.6. The van der Waals surface area contributed by atoms with Gasteiger partial charge in [0.1, 0.15) is 6.04 Å². The normalized spacial score (nSPS) is 11.8. The van der Waals surface area contributed by atoms with E-state index in [1.54, 1.807) is 18.5 Å². The van der Waals surface area contributed by atoms with Gasteiger partial charge in [-0.2, -0.15) is 0 Å². The first-order valence-electron chi connectivity index (χ1n) is 8.91. The molecule has 1 amide bonds. The lowest BCUT2D eigenvalue weighted by Gasteiger charge is -2.21. The van der Waals surface area contributed by atoms with Crippen molar-refractivity contribution >= 4 is 11.9 Å². The molecule has 0 aliphatic rings. The van der Waals surface area contributed by atoms with Crippen molar-refractivity contribution in [3.63, 3.8) is 0 Å². The second-order valence-corrected chi connectivity index (χ2v) is 6.64. The van der Waals surface area contributed by atoms with E-state index in [0.717, 1.165) is 24.0 Å². The lowest BCUT2D eigenvalue weighted by molar-refractivity contribution is -0.147. The van der Waals surface area contributed by atoms with Crippen LogP contribution in [0.4, 0.5) is 0 Å². The van der Waals surface area contributed by atoms with Crippen LogP contribution in [0, 0.1) is 12.8 Å². The number of nitrogens with one attached hydrogen (secondary N) is 1. The maximum Gasteiger partial charge on any atom is 0.328 e. The Morgan fingerprint density at radius 1 is 1.12 bits per heavy atom. The molecular weight excluding hydrogens is 328 g/mol. The summed E-state index contributed by atoms with van der Waals surface area (Å²) in [4.78, 5) is 28.9. The number of aryl methyl sites for hydroxylation is 2. The fourth-order valence-corrected chi connectivity index (χ4v) is 2.63. The van der Waals surface area contributed by atoms with Crippen molar-refractivity contribution in [2.75, 3.05) is 6.61 Å². The van der Waals surface area contributed by atoms with Gasteiger partial charge in [0.05, 0.1) is 6.61 Å². The molecule has 1 unspecified atom stereocenters. The third kappa shape index (κ3) is 5.69. The molecule has 5 nitrogen and oxygen atoms in total. The van der Waals surface area contributed by atoms with E-state index in [-0.39, 0.29) is 11.8 Å². The molecular formula is C21H26N2O3. The second-order valence-electron chi connectivity index (χ2n) is 6.64. The van der Waals surface area contributed by atoms with Crippen molar-refractivity contribution < 1.29 is 14.3 Å². The highest BCUT2D eigenvalue weighted by atomic mass is 16.5. The van der Waals surface area contributed by atoms with Crippen LogP contribution in [0.15, 0.2) is 48.8 Å². The summed E-state index contributed by atoms with van der Waals surface area (Å²) in [5.74, 6) is -0.706. The minimum absolute atomic E-state index is 0.0596. The van der Waals surface area contributed by atoms with Gasteiger partial charge in [-0.15, -0.1) is 0 Å². The standard InChI is InChI=1S/C21H26N2O3/c1-15(2)19(23-20(24)18-9-5-4-7-16(18)3)21(25)26-14-6-8-17-10-12-22-13-11-17/h4-5,7,9-13,15,19H,6,8,14H2,1-3H3,(H,23,24). The van der Waals surface area contributed by atoms with Crippen LogP contribution >= 0.6 is 0 Å². The van der Waals surface area contributed by atoms with Crippen LogP contribution in [-0.2, 0) is 16.0 Å². The third-order valence-corrected chi connectivity index (χ3v) is 4.20. The number of benzene rings is 1. The van der Waals surface area contributed by atoms with Gasteiger partial charge in [0.25, 0.3) is 5.91 Å². The van der Waals surface area contributed by atoms with Gasteiger partial charge < -0.3 is 10.1 Å². The van der Waals surface area contributed by atoms with E-state index in [4.69, 9.17) is 4.74 Å². The molecule has 0 spiro atoms. The molecule has 138 valence electrons. The number of hydrogen-bond donors (Lipinski definition) is 1. The molecule has 1 aromatic heterocycles. The molecule has 1 N–H and O–H groups in total. The largest absolute Gasteiger partial charge is 0.464 e. The summed E-state index contributed by atoms with van der Waals surface area (Å²) in [5, 5.41) is 2.81. The van der Waals surface area contributed by atoms with Crippen LogP contribution in [0.5, 0.6) is 0 Å². The molecule has 0 aliphatic carbocycles. The molecule has 1 heterocycles. The van der Waals surface area contributed by atoms with Crippen molar-refractivity contribution in [1.29, 1.82) is 0 Å². The SMILES string of the molecule is Cc1ccccc1C(=O)NC(C(=O)OCCCc1ccncc1)C(C)C. The van der Waals surface area contributed by atoms with E-state index < -0.39 is 12.0 Å². The van der Waals surface area contributed by atoms with E-state index in [1.807, 2.05) is 51.1 Å². The van der Waals surface area contributed by atoms with E-state index in [2.05, 4.69) is 10.3 Å². The number of rotatable bonds is 8. The number of aromatic nitrogens is 1. The lowest BCUT2D eigenvalue weighted by atomic mass is 10.0. The summed E-state index contributed by atoms with van der Waals surface area (Å²) in [6.45, 7) is 5.98. The van der Waals surface area contributed by atoms with Crippen LogP contribution in [0.25, 0.3) is 0 Å². The Balaban J connectivity index is 1.87. The number of amides is 1. The predicted octanol–water partition coefficient (Wildman–Crippen LogP) is 3.32. The average molecular weight is 354 g/mol. The van der Waals surface area contributed by atoms with Crippen LogP contribution in [0.2, 0.25) is 0 Å². The van der Waals surface area contributed by atoms with Gasteiger partial charge in [-0.3, -0.25) is 9.78 Å². The molecule has 2 aromatic rings. The smallest absolute Gasteiger partial charge is 0.328 e. The monoisotopic (exact) mass is 354 g/mol. The number of nitrogens with zero attached hydrogens (tertiary/aromatic N) is 1. The van der Waals surface area contributed by atoms with Crippen LogP contribution in [0.1, 0.15) is 41.8 Å². The average Bonchev–Trinajstić information content (AvgIpc) is 2.64. The zero-order valence-corrected chi connectivity index (χ0v) is 15.6. The molecule has 1 aromatic carbocycles. The van der Waals surface area contributed by atoms with Crippen molar-refractivity contribution in [2.45, 2.75) is 39.7 Å². The summed E-state index contributed by atoms with van der Waals surface area (Å²) in [6, 6.07) is 10.5. The lowest BCUT2D eigenvalue weighted by Crippen LogP contribution is -2.45. The van der Waals surface area contributed by atoms with Gasteiger partial charge in [-0.25, -0.2) is 4.79 Å². The van der Waals surface area contributed by atoms with E-state index in [1.165, 1.54) is 0 Å². The van der Waals surface area contributed by atoms with E-state index in [0.29, 0.717) is 12.2 Å². The molecule has 5 heteroatoms. The fraction of sp³-hybridized carbons (Fsp3) is 0.381. The van der Waals surface area contributed by atoms with Gasteiger partial charge in [0, 0.05) is 18.0 Å². The van der Waals surface area contributed by atoms with Crippen LogP contribution in [-0.4, -0.2) is 29.5 Å². The number of ether oxygens (including phenoxy) is 1. The van der Waals surface area contributed by atoms with E-state index in [9.17, 15) is 9.59 Å². The summed E-state index contributed by atoms with van der Waals surface area (Å²) in [5.41, 5.74) is 2.60. The molecule has 0 bridgehead atoms. The summed E-state index contributed by atoms with van der Waals surface area (Å²) in [7, 11) is 0. The molecule has 0 saturated heterocycles. The summed E-state index contributed by atoms with van der Waals surface area (Å²) in [6.07, 6.45) is 5.04. The molecule has 0 radical (unpaired) electrons. The Labute approximate surface area is 154 Å². The minimum Gasteiger partial charge on any atom is -0.464 e. The third-order valence-electron chi connectivity index (χ3n) is 4.20. The second kappa shape index (κ2) is 9.70. The molecule has 26 heavy (non-hydrogen) atoms. The summed E-state index contributed by atoms with van der Waals surface area (Å²) >= 11 is 0. The quantitative estimate of drug-likeness (QED) is 0.583. The van der Waals surface area contributed by atoms with Crippen LogP contribution < -0.4 is 5.32 Å². The van der Waals surface area contributed by atoms with Crippen molar-refractivity contribution in [1.82, 2.24) is 10.3 Å². The molecule has 0 aliphatic heterocycles. The zero-order chi connectivity index (χ0) is 18.9. The Morgan fingerprint density at radius 3 is 2.46 bits per heavy atom. The van der Waals surface area contributed by atoms with Crippen molar-refractivity contribution in [2.24, 2.45) is 5.92 Å². The van der Waals surface area contributed by atoms with Crippen molar-refractivity contribution in [3.05, 3.63) is 65.5 Å². The van der Waals surface area contributed by atoms with Gasteiger partial charge in [0.2, 0.25) is 0 Å². The Morgan fingerprint density at radius 2 is 1.81 bits per heavy atom. The Kier molecular flexibility index (Phi) is 7.33. The first-order chi connectivity index (χ1) is 12.5. The number of carbonyl (C=O) groups excluding carboxylic acids is 2. The highest BCUT2D eigenvalue weighted by Crippen LogP contribution is 2.10. The Bertz CT molecular complexity index is 729. The van der Waals surface area contributed by atoms with Crippen LogP contribution in [0.3, 0.4) is 0 Å². The maximum absolute atomic E-state index is 12.5. The molecule has 0 fully saturated rings. The topological polar surface area (TPSA) is 68.3 Å². The first-order valence-corrected chi connectivity index (χ1v) is 8.91. The van der Waals surface area contributed by atoms with Gasteiger partial charge in [-0.1, -0.05) is 32.0 Å². The molecule has 2 rings (SSSR count). The number of carbonyl (C=O) groups is 2. The highest BCUT2D eigenvalue weighted by molar-refractivity contribution is 5.98. The van der Waals surface area contributed by atoms with Gasteiger partial charge in [0.15, 0.2) is 0 Å². The van der Waals surface area contributed by atoms with E-state index >= 15 is 0 Å². The first kappa shape index (κ1) is 19.6. The number of hydrogen-bond acceptors (Lipinski definition) is 4. The number of esters is 1. The van der Waals surface area contributed by atoms with Gasteiger partial charge in [-0.05, 0) is 55.0 Å². The highest BCUT2D eigenvalue weighted by Gasteiger charge is 2.26. The predicted molar refractivity (Wildman–Crippen MR) is 101 cm³/mol. The molecule has 0 saturated carbocycles. The minimum atomic E-state index is -0.664. The number of pyridine rings is 1. The maximum atomic E-state index is 12.5. The molecule has 1 atom stereocenters. The Hall–Kier alpha value is -2.69. The fourth-order valence-electron chi connectivity index (χ4n) is 2.63. The van der Waals surface area contributed by atoms with Crippen molar-refractivity contribution in [3.8, 4) is 0 Å². The van der Waals surface area contributed by atoms with Gasteiger partial charge >= 0.3 is 5.97 Å². The summed E-state index contributed by atoms with van der Waals surface area (Å²) < 4.78 is 5.38.